The maximum Gasteiger partial charge on any atom is 0.410 e. The molecule has 0 saturated carbocycles. The summed E-state index contributed by atoms with van der Waals surface area (Å²) in [5.41, 5.74) is 1.73. The van der Waals surface area contributed by atoms with Gasteiger partial charge in [-0.15, -0.1) is 0 Å². The van der Waals surface area contributed by atoms with Crippen LogP contribution in [0.15, 0.2) is 42.2 Å². The third-order valence-electron chi connectivity index (χ3n) is 7.57. The zero-order valence-electron chi connectivity index (χ0n) is 21.1. The molecule has 9 heteroatoms. The Morgan fingerprint density at radius 3 is 2.38 bits per heavy atom. The van der Waals surface area contributed by atoms with E-state index >= 15 is 0 Å². The van der Waals surface area contributed by atoms with Gasteiger partial charge in [0.2, 0.25) is 0 Å². The van der Waals surface area contributed by atoms with Gasteiger partial charge in [-0.25, -0.2) is 4.79 Å². The average Bonchev–Trinajstić information content (AvgIpc) is 3.35. The van der Waals surface area contributed by atoms with E-state index in [2.05, 4.69) is 43.7 Å². The quantitative estimate of drug-likeness (QED) is 0.567. The second-order valence-electron chi connectivity index (χ2n) is 11.0. The van der Waals surface area contributed by atoms with Gasteiger partial charge in [-0.05, 0) is 36.5 Å². The number of hydrogen-bond acceptors (Lipinski definition) is 6. The number of benzene rings is 1. The van der Waals surface area contributed by atoms with Crippen LogP contribution >= 0.6 is 0 Å². The van der Waals surface area contributed by atoms with E-state index in [0.717, 1.165) is 24.1 Å². The normalized spacial score (nSPS) is 19.6. The zero-order valence-corrected chi connectivity index (χ0v) is 22.1. The van der Waals surface area contributed by atoms with E-state index in [9.17, 15) is 9.59 Å². The number of carbonyl (C=O) groups excluding carboxylic acids is 2. The molecule has 3 aliphatic rings. The summed E-state index contributed by atoms with van der Waals surface area (Å²) in [6.07, 6.45) is 3.21. The van der Waals surface area contributed by atoms with E-state index < -0.39 is 8.32 Å². The van der Waals surface area contributed by atoms with Crippen LogP contribution in [-0.2, 0) is 20.6 Å². The van der Waals surface area contributed by atoms with E-state index in [1.165, 1.54) is 0 Å². The van der Waals surface area contributed by atoms with Gasteiger partial charge < -0.3 is 28.8 Å². The van der Waals surface area contributed by atoms with Crippen molar-refractivity contribution < 1.29 is 18.8 Å². The molecule has 1 aromatic carbocycles. The Labute approximate surface area is 204 Å². The molecule has 186 valence electrons. The van der Waals surface area contributed by atoms with Crippen molar-refractivity contribution in [3.05, 3.63) is 47.8 Å². The van der Waals surface area contributed by atoms with Crippen LogP contribution in [0.25, 0.3) is 0 Å². The minimum Gasteiger partial charge on any atom is -0.445 e. The zero-order chi connectivity index (χ0) is 24.5. The molecular formula is C25H38N4O4Si. The second kappa shape index (κ2) is 9.62. The number of fused-ring (bicyclic) bond motifs is 1. The Bertz CT molecular complexity index is 923. The summed E-state index contributed by atoms with van der Waals surface area (Å²) >= 11 is 0. The van der Waals surface area contributed by atoms with Crippen molar-refractivity contribution in [2.45, 2.75) is 64.4 Å². The SMILES string of the molecule is CC(C)(C)[Si](C)(C)OCN1C=C2C(=O)N(C3CCN(C(=O)OCc4ccccc4)CC3)CN2C1. The van der Waals surface area contributed by atoms with Crippen LogP contribution in [0, 0.1) is 0 Å². The van der Waals surface area contributed by atoms with Gasteiger partial charge >= 0.3 is 6.09 Å². The van der Waals surface area contributed by atoms with Crippen molar-refractivity contribution in [1.29, 1.82) is 0 Å². The van der Waals surface area contributed by atoms with Gasteiger partial charge in [0.25, 0.3) is 5.91 Å². The Kier molecular flexibility index (Phi) is 6.96. The predicted octanol–water partition coefficient (Wildman–Crippen LogP) is 3.98. The number of amides is 2. The van der Waals surface area contributed by atoms with Crippen molar-refractivity contribution in [2.24, 2.45) is 0 Å². The highest BCUT2D eigenvalue weighted by molar-refractivity contribution is 6.74. The topological polar surface area (TPSA) is 65.6 Å². The minimum atomic E-state index is -1.83. The van der Waals surface area contributed by atoms with E-state index in [1.54, 1.807) is 4.90 Å². The summed E-state index contributed by atoms with van der Waals surface area (Å²) in [5.74, 6) is 0.0833. The first-order valence-corrected chi connectivity index (χ1v) is 15.1. The first kappa shape index (κ1) is 24.6. The predicted molar refractivity (Wildman–Crippen MR) is 133 cm³/mol. The minimum absolute atomic E-state index is 0.0833. The van der Waals surface area contributed by atoms with Crippen LogP contribution in [0.1, 0.15) is 39.2 Å². The molecule has 4 rings (SSSR count). The van der Waals surface area contributed by atoms with Gasteiger partial charge in [0, 0.05) is 25.3 Å². The third kappa shape index (κ3) is 5.25. The lowest BCUT2D eigenvalue weighted by molar-refractivity contribution is -0.127. The van der Waals surface area contributed by atoms with Crippen molar-refractivity contribution >= 4 is 20.3 Å². The van der Waals surface area contributed by atoms with Gasteiger partial charge in [0.15, 0.2) is 8.32 Å². The Hall–Kier alpha value is -2.52. The van der Waals surface area contributed by atoms with Gasteiger partial charge in [-0.3, -0.25) is 4.79 Å². The van der Waals surface area contributed by atoms with Crippen LogP contribution in [0.2, 0.25) is 18.1 Å². The van der Waals surface area contributed by atoms with Crippen molar-refractivity contribution in [3.8, 4) is 0 Å². The van der Waals surface area contributed by atoms with Gasteiger partial charge in [-0.1, -0.05) is 51.1 Å². The molecule has 2 saturated heterocycles. The lowest BCUT2D eigenvalue weighted by atomic mass is 10.0. The fourth-order valence-electron chi connectivity index (χ4n) is 4.29. The first-order chi connectivity index (χ1) is 16.0. The fourth-order valence-corrected chi connectivity index (χ4v) is 5.21. The number of ether oxygens (including phenoxy) is 1. The molecule has 2 amide bonds. The van der Waals surface area contributed by atoms with Crippen LogP contribution in [0.4, 0.5) is 4.79 Å². The molecule has 0 unspecified atom stereocenters. The molecular weight excluding hydrogens is 448 g/mol. The van der Waals surface area contributed by atoms with Gasteiger partial charge in [0.05, 0.1) is 13.3 Å². The summed E-state index contributed by atoms with van der Waals surface area (Å²) in [6.45, 7) is 14.5. The Morgan fingerprint density at radius 2 is 1.76 bits per heavy atom. The number of hydrogen-bond donors (Lipinski definition) is 0. The smallest absolute Gasteiger partial charge is 0.410 e. The molecule has 3 heterocycles. The summed E-state index contributed by atoms with van der Waals surface area (Å²) in [6, 6.07) is 9.85. The molecule has 0 spiro atoms. The second-order valence-corrected chi connectivity index (χ2v) is 15.8. The molecule has 1 aromatic rings. The molecule has 0 aromatic heterocycles. The molecule has 0 bridgehead atoms. The molecule has 34 heavy (non-hydrogen) atoms. The van der Waals surface area contributed by atoms with Gasteiger partial charge in [-0.2, -0.15) is 0 Å². The standard InChI is InChI=1S/C25H38N4O4Si/c1-25(2,3)34(4,5)33-19-26-15-22-23(30)29(18-28(22)17-26)21-11-13-27(14-12-21)24(31)32-16-20-9-7-6-8-10-20/h6-10,15,21H,11-14,16-19H2,1-5H3. The third-order valence-corrected chi connectivity index (χ3v) is 12.0. The summed E-state index contributed by atoms with van der Waals surface area (Å²) in [7, 11) is -1.83. The van der Waals surface area contributed by atoms with E-state index in [1.807, 2.05) is 41.4 Å². The number of nitrogens with zero attached hydrogens (tertiary/aromatic N) is 4. The van der Waals surface area contributed by atoms with Crippen LogP contribution in [0.3, 0.4) is 0 Å². The van der Waals surface area contributed by atoms with E-state index in [4.69, 9.17) is 9.16 Å². The first-order valence-electron chi connectivity index (χ1n) is 12.2. The number of carbonyl (C=O) groups is 2. The maximum absolute atomic E-state index is 13.1. The molecule has 3 aliphatic heterocycles. The van der Waals surface area contributed by atoms with Crippen LogP contribution < -0.4 is 0 Å². The van der Waals surface area contributed by atoms with Crippen molar-refractivity contribution in [3.63, 3.8) is 0 Å². The summed E-state index contributed by atoms with van der Waals surface area (Å²) in [5, 5.41) is 0.158. The molecule has 0 atom stereocenters. The highest BCUT2D eigenvalue weighted by Crippen LogP contribution is 2.37. The van der Waals surface area contributed by atoms with Crippen LogP contribution in [-0.4, -0.2) is 79.1 Å². The molecule has 8 nitrogen and oxygen atoms in total. The monoisotopic (exact) mass is 486 g/mol. The van der Waals surface area contributed by atoms with Crippen LogP contribution in [0.5, 0.6) is 0 Å². The Morgan fingerprint density at radius 1 is 1.09 bits per heavy atom. The van der Waals surface area contributed by atoms with E-state index in [-0.39, 0.29) is 29.7 Å². The fraction of sp³-hybridized carbons (Fsp3) is 0.600. The summed E-state index contributed by atoms with van der Waals surface area (Å²) < 4.78 is 11.8. The largest absolute Gasteiger partial charge is 0.445 e. The molecule has 0 N–H and O–H groups in total. The lowest BCUT2D eigenvalue weighted by Crippen LogP contribution is -2.48. The molecule has 0 aliphatic carbocycles. The molecule has 2 fully saturated rings. The molecule has 0 radical (unpaired) electrons. The number of piperidine rings is 1. The van der Waals surface area contributed by atoms with E-state index in [0.29, 0.717) is 33.2 Å². The summed E-state index contributed by atoms with van der Waals surface area (Å²) in [4.78, 5) is 33.5. The highest BCUT2D eigenvalue weighted by atomic mass is 28.4. The lowest BCUT2D eigenvalue weighted by Gasteiger charge is -2.38. The van der Waals surface area contributed by atoms with Crippen molar-refractivity contribution in [1.82, 2.24) is 19.6 Å². The maximum atomic E-state index is 13.1. The highest BCUT2D eigenvalue weighted by Gasteiger charge is 2.43. The number of rotatable bonds is 6. The number of likely N-dealkylation sites (tertiary alicyclic amines) is 1. The Balaban J connectivity index is 1.24. The van der Waals surface area contributed by atoms with Crippen molar-refractivity contribution in [2.75, 3.05) is 33.2 Å². The average molecular weight is 487 g/mol. The van der Waals surface area contributed by atoms with Gasteiger partial charge in [0.1, 0.15) is 19.0 Å².